The number of rotatable bonds is 5. The molecule has 2 aromatic rings. The van der Waals surface area contributed by atoms with Crippen molar-refractivity contribution >= 4 is 0 Å². The number of aryl methyl sites for hydroxylation is 3. The van der Waals surface area contributed by atoms with E-state index in [0.717, 1.165) is 12.8 Å². The zero-order valence-corrected chi connectivity index (χ0v) is 12.8. The summed E-state index contributed by atoms with van der Waals surface area (Å²) >= 11 is 0. The molecule has 0 saturated heterocycles. The zero-order chi connectivity index (χ0) is 14.5. The van der Waals surface area contributed by atoms with Crippen LogP contribution in [0.25, 0.3) is 0 Å². The summed E-state index contributed by atoms with van der Waals surface area (Å²) in [7, 11) is 0. The molecule has 1 nitrogen and oxygen atoms in total. The molecule has 0 spiro atoms. The monoisotopic (exact) mass is 267 g/mol. The molecule has 0 aliphatic carbocycles. The molecule has 1 unspecified atom stereocenters. The minimum Gasteiger partial charge on any atom is -0.330 e. The van der Waals surface area contributed by atoms with Crippen molar-refractivity contribution in [1.82, 2.24) is 0 Å². The summed E-state index contributed by atoms with van der Waals surface area (Å²) in [5.74, 6) is 0.455. The molecule has 0 radical (unpaired) electrons. The highest BCUT2D eigenvalue weighted by Crippen LogP contribution is 2.24. The maximum Gasteiger partial charge on any atom is -0.000812 e. The predicted molar refractivity (Wildman–Crippen MR) is 87.2 cm³/mol. The molecule has 0 bridgehead atoms. The number of benzene rings is 2. The van der Waals surface area contributed by atoms with Crippen LogP contribution in [0.4, 0.5) is 0 Å². The lowest BCUT2D eigenvalue weighted by atomic mass is 9.89. The second-order valence-corrected chi connectivity index (χ2v) is 5.76. The molecule has 0 heterocycles. The van der Waals surface area contributed by atoms with E-state index in [4.69, 9.17) is 5.73 Å². The Bertz CT molecular complexity index is 534. The van der Waals surface area contributed by atoms with E-state index in [1.165, 1.54) is 27.8 Å². The first-order valence-corrected chi connectivity index (χ1v) is 7.43. The van der Waals surface area contributed by atoms with E-state index >= 15 is 0 Å². The normalized spacial score (nSPS) is 12.4. The van der Waals surface area contributed by atoms with Gasteiger partial charge in [-0.15, -0.1) is 0 Å². The molecule has 0 aromatic heterocycles. The first-order valence-electron chi connectivity index (χ1n) is 7.43. The molecule has 2 rings (SSSR count). The lowest BCUT2D eigenvalue weighted by Crippen LogP contribution is -2.14. The molecule has 0 aliphatic heterocycles. The van der Waals surface area contributed by atoms with Crippen molar-refractivity contribution in [3.63, 3.8) is 0 Å². The second-order valence-electron chi connectivity index (χ2n) is 5.76. The van der Waals surface area contributed by atoms with Crippen LogP contribution < -0.4 is 5.73 Å². The Labute approximate surface area is 122 Å². The van der Waals surface area contributed by atoms with E-state index in [2.05, 4.69) is 63.2 Å². The fourth-order valence-electron chi connectivity index (χ4n) is 3.07. The summed E-state index contributed by atoms with van der Waals surface area (Å²) in [5.41, 5.74) is 13.0. The van der Waals surface area contributed by atoms with Crippen LogP contribution in [0.1, 0.15) is 40.2 Å². The van der Waals surface area contributed by atoms with E-state index in [-0.39, 0.29) is 0 Å². The van der Waals surface area contributed by atoms with Crippen molar-refractivity contribution in [1.29, 1.82) is 0 Å². The van der Waals surface area contributed by atoms with Gasteiger partial charge in [0.15, 0.2) is 0 Å². The number of nitrogens with two attached hydrogens (primary N) is 1. The van der Waals surface area contributed by atoms with Gasteiger partial charge in [-0.1, -0.05) is 48.0 Å². The van der Waals surface area contributed by atoms with Crippen molar-refractivity contribution in [3.05, 3.63) is 70.3 Å². The third-order valence-corrected chi connectivity index (χ3v) is 4.14. The van der Waals surface area contributed by atoms with Crippen molar-refractivity contribution in [2.24, 2.45) is 5.73 Å². The largest absolute Gasteiger partial charge is 0.330 e. The quantitative estimate of drug-likeness (QED) is 0.859. The Morgan fingerprint density at radius 1 is 0.950 bits per heavy atom. The summed E-state index contributed by atoms with van der Waals surface area (Å²) in [5, 5.41) is 0. The van der Waals surface area contributed by atoms with Crippen LogP contribution >= 0.6 is 0 Å². The number of hydrogen-bond acceptors (Lipinski definition) is 1. The molecular formula is C19H25N. The Hall–Kier alpha value is -1.60. The average molecular weight is 267 g/mol. The van der Waals surface area contributed by atoms with Crippen LogP contribution in [0.5, 0.6) is 0 Å². The predicted octanol–water partition coefficient (Wildman–Crippen LogP) is 4.29. The van der Waals surface area contributed by atoms with Gasteiger partial charge in [-0.3, -0.25) is 0 Å². The van der Waals surface area contributed by atoms with Crippen molar-refractivity contribution in [2.45, 2.75) is 39.5 Å². The minimum absolute atomic E-state index is 0.455. The Kier molecular flexibility index (Phi) is 4.97. The van der Waals surface area contributed by atoms with Crippen LogP contribution in [-0.2, 0) is 6.42 Å². The lowest BCUT2D eigenvalue weighted by molar-refractivity contribution is 0.631. The molecule has 1 heteroatoms. The van der Waals surface area contributed by atoms with Gasteiger partial charge < -0.3 is 5.73 Å². The van der Waals surface area contributed by atoms with Gasteiger partial charge in [0, 0.05) is 0 Å². The van der Waals surface area contributed by atoms with E-state index in [1.54, 1.807) is 0 Å². The van der Waals surface area contributed by atoms with Crippen LogP contribution in [0, 0.1) is 20.8 Å². The van der Waals surface area contributed by atoms with Crippen LogP contribution in [-0.4, -0.2) is 6.54 Å². The standard InChI is InChI=1S/C19H25N/c1-14-11-15(2)19(16(3)12-14)10-9-18(13-20)17-7-5-4-6-8-17/h4-8,11-12,18H,9-10,13,20H2,1-3H3. The molecule has 0 fully saturated rings. The van der Waals surface area contributed by atoms with E-state index < -0.39 is 0 Å². The topological polar surface area (TPSA) is 26.0 Å². The third-order valence-electron chi connectivity index (χ3n) is 4.14. The zero-order valence-electron chi connectivity index (χ0n) is 12.8. The Morgan fingerprint density at radius 2 is 1.55 bits per heavy atom. The van der Waals surface area contributed by atoms with Gasteiger partial charge >= 0.3 is 0 Å². The molecule has 2 N–H and O–H groups in total. The first kappa shape index (κ1) is 14.8. The fraction of sp³-hybridized carbons (Fsp3) is 0.368. The fourth-order valence-corrected chi connectivity index (χ4v) is 3.07. The third kappa shape index (κ3) is 3.49. The maximum absolute atomic E-state index is 5.97. The van der Waals surface area contributed by atoms with Crippen LogP contribution in [0.2, 0.25) is 0 Å². The van der Waals surface area contributed by atoms with Crippen molar-refractivity contribution in [3.8, 4) is 0 Å². The molecule has 106 valence electrons. The highest BCUT2D eigenvalue weighted by molar-refractivity contribution is 5.37. The molecule has 0 aliphatic rings. The number of hydrogen-bond donors (Lipinski definition) is 1. The van der Waals surface area contributed by atoms with Gasteiger partial charge in [0.05, 0.1) is 0 Å². The highest BCUT2D eigenvalue weighted by atomic mass is 14.5. The molecular weight excluding hydrogens is 242 g/mol. The first-order chi connectivity index (χ1) is 9.61. The minimum atomic E-state index is 0.455. The average Bonchev–Trinajstić information content (AvgIpc) is 2.43. The Balaban J connectivity index is 2.12. The van der Waals surface area contributed by atoms with Crippen LogP contribution in [0.3, 0.4) is 0 Å². The molecule has 1 atom stereocenters. The second kappa shape index (κ2) is 6.71. The lowest BCUT2D eigenvalue weighted by Gasteiger charge is -2.17. The summed E-state index contributed by atoms with van der Waals surface area (Å²) in [6.07, 6.45) is 2.22. The summed E-state index contributed by atoms with van der Waals surface area (Å²) < 4.78 is 0. The SMILES string of the molecule is Cc1cc(C)c(CCC(CN)c2ccccc2)c(C)c1. The smallest absolute Gasteiger partial charge is 0.000812 e. The van der Waals surface area contributed by atoms with Crippen LogP contribution in [0.15, 0.2) is 42.5 Å². The molecule has 20 heavy (non-hydrogen) atoms. The van der Waals surface area contributed by atoms with E-state index in [9.17, 15) is 0 Å². The van der Waals surface area contributed by atoms with Gasteiger partial charge in [0.25, 0.3) is 0 Å². The van der Waals surface area contributed by atoms with Crippen molar-refractivity contribution in [2.75, 3.05) is 6.54 Å². The van der Waals surface area contributed by atoms with Gasteiger partial charge in [-0.05, 0) is 68.3 Å². The molecule has 0 amide bonds. The van der Waals surface area contributed by atoms with Crippen molar-refractivity contribution < 1.29 is 0 Å². The van der Waals surface area contributed by atoms with Gasteiger partial charge in [-0.2, -0.15) is 0 Å². The van der Waals surface area contributed by atoms with Gasteiger partial charge in [0.1, 0.15) is 0 Å². The van der Waals surface area contributed by atoms with E-state index in [1.807, 2.05) is 0 Å². The maximum atomic E-state index is 5.97. The van der Waals surface area contributed by atoms with E-state index in [0.29, 0.717) is 12.5 Å². The molecule has 2 aromatic carbocycles. The highest BCUT2D eigenvalue weighted by Gasteiger charge is 2.11. The summed E-state index contributed by atoms with van der Waals surface area (Å²) in [4.78, 5) is 0. The summed E-state index contributed by atoms with van der Waals surface area (Å²) in [6.45, 7) is 7.31. The van der Waals surface area contributed by atoms with Gasteiger partial charge in [0.2, 0.25) is 0 Å². The Morgan fingerprint density at radius 3 is 2.10 bits per heavy atom. The van der Waals surface area contributed by atoms with Gasteiger partial charge in [-0.25, -0.2) is 0 Å². The summed E-state index contributed by atoms with van der Waals surface area (Å²) in [6, 6.07) is 15.2. The molecule has 0 saturated carbocycles.